The van der Waals surface area contributed by atoms with E-state index in [1.165, 1.54) is 0 Å². The van der Waals surface area contributed by atoms with E-state index in [4.69, 9.17) is 16.3 Å². The number of benzene rings is 1. The van der Waals surface area contributed by atoms with Gasteiger partial charge in [-0.25, -0.2) is 4.79 Å². The summed E-state index contributed by atoms with van der Waals surface area (Å²) < 4.78 is 5.25. The standard InChI is InChI=1S/C17H25ClN2O3S.HI/c1-17(2,3)23-16(22)20-14(10-11-24(4)5)15(21)19-13-8-6-12(18)7-9-13;/h6-9,14H,10-11H2,1-5H3,(H-,19,20,21,22);1H/t14-;/m0./s1. The summed E-state index contributed by atoms with van der Waals surface area (Å²) in [6, 6.07) is 6.18. The van der Waals surface area contributed by atoms with E-state index in [9.17, 15) is 9.59 Å². The van der Waals surface area contributed by atoms with E-state index in [0.717, 1.165) is 5.75 Å². The molecule has 1 aromatic carbocycles. The van der Waals surface area contributed by atoms with Gasteiger partial charge in [-0.15, -0.1) is 0 Å². The lowest BCUT2D eigenvalue weighted by molar-refractivity contribution is -0.118. The molecule has 2 N–H and O–H groups in total. The Balaban J connectivity index is 0.00000576. The molecule has 25 heavy (non-hydrogen) atoms. The highest BCUT2D eigenvalue weighted by Crippen LogP contribution is 2.14. The monoisotopic (exact) mass is 500 g/mol. The Morgan fingerprint density at radius 1 is 1.20 bits per heavy atom. The van der Waals surface area contributed by atoms with E-state index < -0.39 is 17.7 Å². The number of anilines is 1. The number of amides is 2. The van der Waals surface area contributed by atoms with Crippen LogP contribution in [0.4, 0.5) is 10.5 Å². The Morgan fingerprint density at radius 2 is 1.76 bits per heavy atom. The Kier molecular flexibility index (Phi) is 10.8. The third kappa shape index (κ3) is 10.8. The van der Waals surface area contributed by atoms with Crippen molar-refractivity contribution in [2.45, 2.75) is 38.8 Å². The van der Waals surface area contributed by atoms with E-state index in [1.807, 2.05) is 0 Å². The van der Waals surface area contributed by atoms with Crippen LogP contribution in [0.5, 0.6) is 0 Å². The van der Waals surface area contributed by atoms with Gasteiger partial charge < -0.3 is 39.3 Å². The highest BCUT2D eigenvalue weighted by Gasteiger charge is 2.25. The highest BCUT2D eigenvalue weighted by atomic mass is 127. The van der Waals surface area contributed by atoms with Crippen molar-refractivity contribution in [3.8, 4) is 0 Å². The molecule has 0 saturated heterocycles. The van der Waals surface area contributed by atoms with Gasteiger partial charge in [0.1, 0.15) is 17.4 Å². The first-order valence-electron chi connectivity index (χ1n) is 7.67. The van der Waals surface area contributed by atoms with Crippen LogP contribution in [0.1, 0.15) is 27.2 Å². The molecule has 0 unspecified atom stereocenters. The van der Waals surface area contributed by atoms with Crippen LogP contribution in [-0.4, -0.2) is 41.9 Å². The molecule has 1 aromatic rings. The SMILES string of the molecule is C[S+](C)CC[C@H](NC(=O)OC(C)(C)C)C(=O)Nc1ccc(Cl)cc1.[I-]. The lowest BCUT2D eigenvalue weighted by Crippen LogP contribution is -3.00. The van der Waals surface area contributed by atoms with Crippen molar-refractivity contribution >= 4 is 40.2 Å². The van der Waals surface area contributed by atoms with Gasteiger partial charge in [-0.1, -0.05) is 11.6 Å². The van der Waals surface area contributed by atoms with Gasteiger partial charge in [-0.2, -0.15) is 0 Å². The molecule has 8 heteroatoms. The second-order valence-corrected chi connectivity index (χ2v) is 9.49. The van der Waals surface area contributed by atoms with Crippen molar-refractivity contribution < 1.29 is 38.3 Å². The summed E-state index contributed by atoms with van der Waals surface area (Å²) in [6.45, 7) is 5.35. The fraction of sp³-hybridized carbons (Fsp3) is 0.529. The Morgan fingerprint density at radius 3 is 2.24 bits per heavy atom. The van der Waals surface area contributed by atoms with E-state index >= 15 is 0 Å². The zero-order chi connectivity index (χ0) is 18.3. The number of hydrogen-bond donors (Lipinski definition) is 2. The van der Waals surface area contributed by atoms with Gasteiger partial charge in [0.25, 0.3) is 0 Å². The van der Waals surface area contributed by atoms with Crippen LogP contribution >= 0.6 is 11.6 Å². The molecule has 0 aliphatic carbocycles. The summed E-state index contributed by atoms with van der Waals surface area (Å²) in [4.78, 5) is 24.5. The van der Waals surface area contributed by atoms with Crippen LogP contribution in [0.25, 0.3) is 0 Å². The lowest BCUT2D eigenvalue weighted by atomic mass is 10.2. The largest absolute Gasteiger partial charge is 1.00 e. The normalized spacial score (nSPS) is 12.1. The predicted octanol–water partition coefficient (Wildman–Crippen LogP) is 0.444. The van der Waals surface area contributed by atoms with E-state index in [-0.39, 0.29) is 40.8 Å². The van der Waals surface area contributed by atoms with E-state index in [1.54, 1.807) is 45.0 Å². The van der Waals surface area contributed by atoms with Crippen molar-refractivity contribution in [3.05, 3.63) is 29.3 Å². The van der Waals surface area contributed by atoms with Crippen LogP contribution in [0.15, 0.2) is 24.3 Å². The first-order chi connectivity index (χ1) is 11.1. The third-order valence-electron chi connectivity index (χ3n) is 2.93. The van der Waals surface area contributed by atoms with Gasteiger partial charge in [-0.3, -0.25) is 4.79 Å². The minimum atomic E-state index is -0.648. The Bertz CT molecular complexity index is 562. The molecular formula is C17H26ClIN2O3S. The Labute approximate surface area is 175 Å². The van der Waals surface area contributed by atoms with Gasteiger partial charge in [0.15, 0.2) is 0 Å². The van der Waals surface area contributed by atoms with Crippen molar-refractivity contribution in [1.29, 1.82) is 0 Å². The maximum absolute atomic E-state index is 12.5. The highest BCUT2D eigenvalue weighted by molar-refractivity contribution is 7.95. The summed E-state index contributed by atoms with van der Waals surface area (Å²) in [5.41, 5.74) is 0.0218. The minimum absolute atomic E-state index is 0. The van der Waals surface area contributed by atoms with Crippen LogP contribution in [0.3, 0.4) is 0 Å². The van der Waals surface area contributed by atoms with Gasteiger partial charge in [0, 0.05) is 17.1 Å². The molecule has 1 rings (SSSR count). The first-order valence-corrected chi connectivity index (χ1v) is 10.3. The summed E-state index contributed by atoms with van der Waals surface area (Å²) in [6.07, 6.45) is 4.16. The average molecular weight is 501 g/mol. The number of halogens is 2. The molecule has 0 aliphatic heterocycles. The molecule has 0 aromatic heterocycles. The van der Waals surface area contributed by atoms with Crippen molar-refractivity contribution in [1.82, 2.24) is 5.32 Å². The smallest absolute Gasteiger partial charge is 0.408 e. The zero-order valence-electron chi connectivity index (χ0n) is 15.2. The maximum atomic E-state index is 12.5. The van der Waals surface area contributed by atoms with E-state index in [0.29, 0.717) is 17.1 Å². The number of nitrogens with one attached hydrogen (secondary N) is 2. The fourth-order valence-corrected chi connectivity index (χ4v) is 2.67. The zero-order valence-corrected chi connectivity index (χ0v) is 18.9. The van der Waals surface area contributed by atoms with Gasteiger partial charge in [0.2, 0.25) is 5.91 Å². The van der Waals surface area contributed by atoms with Crippen LogP contribution in [0.2, 0.25) is 5.02 Å². The molecular weight excluding hydrogens is 475 g/mol. The third-order valence-corrected chi connectivity index (χ3v) is 4.24. The molecule has 0 saturated carbocycles. The number of hydrogen-bond acceptors (Lipinski definition) is 3. The van der Waals surface area contributed by atoms with Crippen LogP contribution in [0, 0.1) is 0 Å². The lowest BCUT2D eigenvalue weighted by Gasteiger charge is -2.23. The van der Waals surface area contributed by atoms with Crippen molar-refractivity contribution in [2.24, 2.45) is 0 Å². The van der Waals surface area contributed by atoms with Crippen molar-refractivity contribution in [3.63, 3.8) is 0 Å². The molecule has 2 amide bonds. The molecule has 142 valence electrons. The van der Waals surface area contributed by atoms with Crippen molar-refractivity contribution in [2.75, 3.05) is 23.6 Å². The maximum Gasteiger partial charge on any atom is 0.408 e. The van der Waals surface area contributed by atoms with Gasteiger partial charge in [-0.05, 0) is 55.9 Å². The quantitative estimate of drug-likeness (QED) is 0.440. The van der Waals surface area contributed by atoms with Gasteiger partial charge in [0.05, 0.1) is 12.5 Å². The molecule has 0 fully saturated rings. The first kappa shape index (κ1) is 24.3. The average Bonchev–Trinajstić information content (AvgIpc) is 2.43. The molecule has 5 nitrogen and oxygen atoms in total. The number of rotatable bonds is 6. The Hall–Kier alpha value is -0.670. The fourth-order valence-electron chi connectivity index (χ4n) is 1.83. The van der Waals surface area contributed by atoms with Gasteiger partial charge >= 0.3 is 6.09 Å². The number of ether oxygens (including phenoxy) is 1. The number of carbonyl (C=O) groups is 2. The summed E-state index contributed by atoms with van der Waals surface area (Å²) >= 11 is 5.84. The molecule has 0 spiro atoms. The summed E-state index contributed by atoms with van der Waals surface area (Å²) in [5, 5.41) is 6.06. The molecule has 0 aliphatic rings. The van der Waals surface area contributed by atoms with Crippen LogP contribution in [-0.2, 0) is 20.4 Å². The second kappa shape index (κ2) is 11.1. The second-order valence-electron chi connectivity index (χ2n) is 6.67. The van der Waals surface area contributed by atoms with E-state index in [2.05, 4.69) is 23.1 Å². The number of carbonyl (C=O) groups excluding carboxylic acids is 2. The molecule has 1 atom stereocenters. The molecule has 0 radical (unpaired) electrons. The summed E-state index contributed by atoms with van der Waals surface area (Å²) in [7, 11) is 0.174. The van der Waals surface area contributed by atoms with Crippen LogP contribution < -0.4 is 34.6 Å². The number of alkyl carbamates (subject to hydrolysis) is 1. The predicted molar refractivity (Wildman–Crippen MR) is 102 cm³/mol. The molecule has 0 heterocycles. The topological polar surface area (TPSA) is 67.4 Å². The minimum Gasteiger partial charge on any atom is -1.00 e. The molecule has 0 bridgehead atoms. The summed E-state index contributed by atoms with van der Waals surface area (Å²) in [5.74, 6) is 0.572.